The molecule has 1 N–H and O–H groups in total. The van der Waals surface area contributed by atoms with Crippen LogP contribution in [0.4, 0.5) is 5.69 Å². The standard InChI is InChI=1S/C16H19NO4/c1-4-5-6-11-15(18)21-12(2)16(19)17-13-9-7-8-10-14(13)20-3/h4-12H,1-3H3,(H,17,19)/b5-4+,11-6+/t12-/m0/s1. The first-order valence-corrected chi connectivity index (χ1v) is 6.52. The highest BCUT2D eigenvalue weighted by molar-refractivity contribution is 5.97. The lowest BCUT2D eigenvalue weighted by Gasteiger charge is -2.14. The lowest BCUT2D eigenvalue weighted by atomic mass is 10.2. The monoisotopic (exact) mass is 289 g/mol. The van der Waals surface area contributed by atoms with Crippen molar-refractivity contribution in [2.75, 3.05) is 12.4 Å². The van der Waals surface area contributed by atoms with Gasteiger partial charge in [-0.1, -0.05) is 30.4 Å². The van der Waals surface area contributed by atoms with Gasteiger partial charge in [0.25, 0.3) is 5.91 Å². The van der Waals surface area contributed by atoms with Crippen LogP contribution in [-0.2, 0) is 14.3 Å². The Balaban J connectivity index is 2.60. The van der Waals surface area contributed by atoms with E-state index in [0.29, 0.717) is 11.4 Å². The Morgan fingerprint density at radius 3 is 2.62 bits per heavy atom. The molecule has 0 aliphatic rings. The fourth-order valence-corrected chi connectivity index (χ4v) is 1.49. The summed E-state index contributed by atoms with van der Waals surface area (Å²) >= 11 is 0. The van der Waals surface area contributed by atoms with Gasteiger partial charge in [-0.15, -0.1) is 0 Å². The summed E-state index contributed by atoms with van der Waals surface area (Å²) < 4.78 is 10.1. The van der Waals surface area contributed by atoms with E-state index in [0.717, 1.165) is 0 Å². The molecule has 5 nitrogen and oxygen atoms in total. The maximum atomic E-state index is 12.0. The lowest BCUT2D eigenvalue weighted by Crippen LogP contribution is -2.29. The van der Waals surface area contributed by atoms with Crippen molar-refractivity contribution >= 4 is 17.6 Å². The molecular weight excluding hydrogens is 270 g/mol. The number of hydrogen-bond acceptors (Lipinski definition) is 4. The number of anilines is 1. The number of esters is 1. The highest BCUT2D eigenvalue weighted by Gasteiger charge is 2.17. The van der Waals surface area contributed by atoms with Crippen LogP contribution in [0.25, 0.3) is 0 Å². The van der Waals surface area contributed by atoms with E-state index in [2.05, 4.69) is 5.32 Å². The van der Waals surface area contributed by atoms with Crippen molar-refractivity contribution < 1.29 is 19.1 Å². The molecule has 0 aliphatic carbocycles. The van der Waals surface area contributed by atoms with Gasteiger partial charge < -0.3 is 14.8 Å². The number of allylic oxidation sites excluding steroid dienone is 3. The molecule has 0 fully saturated rings. The van der Waals surface area contributed by atoms with Crippen LogP contribution in [0.5, 0.6) is 5.75 Å². The molecule has 0 heterocycles. The molecule has 0 saturated heterocycles. The molecule has 0 aromatic heterocycles. The van der Waals surface area contributed by atoms with Crippen molar-refractivity contribution in [2.45, 2.75) is 20.0 Å². The quantitative estimate of drug-likeness (QED) is 0.497. The van der Waals surface area contributed by atoms with Crippen LogP contribution in [-0.4, -0.2) is 25.1 Å². The van der Waals surface area contributed by atoms with E-state index in [1.807, 2.05) is 6.92 Å². The highest BCUT2D eigenvalue weighted by Crippen LogP contribution is 2.23. The second-order valence-electron chi connectivity index (χ2n) is 4.15. The summed E-state index contributed by atoms with van der Waals surface area (Å²) in [4.78, 5) is 23.4. The van der Waals surface area contributed by atoms with Crippen molar-refractivity contribution in [3.63, 3.8) is 0 Å². The first-order chi connectivity index (χ1) is 10.1. The molecular formula is C16H19NO4. The van der Waals surface area contributed by atoms with Crippen LogP contribution < -0.4 is 10.1 Å². The van der Waals surface area contributed by atoms with Gasteiger partial charge in [0, 0.05) is 6.08 Å². The Hall–Kier alpha value is -2.56. The number of benzene rings is 1. The minimum atomic E-state index is -0.905. The third kappa shape index (κ3) is 5.52. The van der Waals surface area contributed by atoms with Gasteiger partial charge in [-0.25, -0.2) is 4.79 Å². The van der Waals surface area contributed by atoms with Crippen molar-refractivity contribution in [3.05, 3.63) is 48.6 Å². The SMILES string of the molecule is C/C=C/C=C/C(=O)O[C@@H](C)C(=O)Nc1ccccc1OC. The van der Waals surface area contributed by atoms with E-state index in [4.69, 9.17) is 9.47 Å². The normalized spacial score (nSPS) is 12.3. The molecule has 5 heteroatoms. The summed E-state index contributed by atoms with van der Waals surface area (Å²) in [6.07, 6.45) is 5.38. The third-order valence-electron chi connectivity index (χ3n) is 2.56. The van der Waals surface area contributed by atoms with Crippen LogP contribution in [0.1, 0.15) is 13.8 Å². The zero-order valence-corrected chi connectivity index (χ0v) is 12.3. The Labute approximate surface area is 124 Å². The van der Waals surface area contributed by atoms with Crippen LogP contribution in [0.3, 0.4) is 0 Å². The van der Waals surface area contributed by atoms with E-state index in [-0.39, 0.29) is 0 Å². The van der Waals surface area contributed by atoms with E-state index in [1.165, 1.54) is 20.1 Å². The molecule has 0 spiro atoms. The fourth-order valence-electron chi connectivity index (χ4n) is 1.49. The summed E-state index contributed by atoms with van der Waals surface area (Å²) in [5.41, 5.74) is 0.525. The number of amides is 1. The van der Waals surface area contributed by atoms with Gasteiger partial charge in [0.2, 0.25) is 0 Å². The summed E-state index contributed by atoms with van der Waals surface area (Å²) in [6, 6.07) is 7.00. The Bertz CT molecular complexity index is 549. The summed E-state index contributed by atoms with van der Waals surface area (Å²) in [5, 5.41) is 2.65. The van der Waals surface area contributed by atoms with Gasteiger partial charge >= 0.3 is 5.97 Å². The average Bonchev–Trinajstić information content (AvgIpc) is 2.48. The summed E-state index contributed by atoms with van der Waals surface area (Å²) in [5.74, 6) is -0.458. The smallest absolute Gasteiger partial charge is 0.331 e. The van der Waals surface area contributed by atoms with Crippen LogP contribution in [0.2, 0.25) is 0 Å². The third-order valence-corrected chi connectivity index (χ3v) is 2.56. The molecule has 0 radical (unpaired) electrons. The van der Waals surface area contributed by atoms with E-state index in [9.17, 15) is 9.59 Å². The van der Waals surface area contributed by atoms with Gasteiger partial charge in [0.15, 0.2) is 6.10 Å². The maximum Gasteiger partial charge on any atom is 0.331 e. The molecule has 1 atom stereocenters. The number of rotatable bonds is 6. The zero-order chi connectivity index (χ0) is 15.7. The molecule has 0 aliphatic heterocycles. The van der Waals surface area contributed by atoms with Crippen LogP contribution in [0.15, 0.2) is 48.6 Å². The second kappa shape index (κ2) is 8.58. The van der Waals surface area contributed by atoms with E-state index >= 15 is 0 Å². The molecule has 0 bridgehead atoms. The van der Waals surface area contributed by atoms with Gasteiger partial charge in [-0.05, 0) is 26.0 Å². The number of para-hydroxylation sites is 2. The van der Waals surface area contributed by atoms with Crippen molar-refractivity contribution in [3.8, 4) is 5.75 Å². The molecule has 0 saturated carbocycles. The second-order valence-corrected chi connectivity index (χ2v) is 4.15. The largest absolute Gasteiger partial charge is 0.495 e. The zero-order valence-electron chi connectivity index (χ0n) is 12.3. The molecule has 0 unspecified atom stereocenters. The first-order valence-electron chi connectivity index (χ1n) is 6.52. The molecule has 1 aromatic carbocycles. The summed E-state index contributed by atoms with van der Waals surface area (Å²) in [6.45, 7) is 3.34. The lowest BCUT2D eigenvalue weighted by molar-refractivity contribution is -0.148. The Morgan fingerprint density at radius 2 is 1.95 bits per heavy atom. The molecule has 1 amide bonds. The van der Waals surface area contributed by atoms with Crippen molar-refractivity contribution in [2.24, 2.45) is 0 Å². The number of carbonyl (C=O) groups excluding carboxylic acids is 2. The Kier molecular flexibility index (Phi) is 6.74. The number of ether oxygens (including phenoxy) is 2. The van der Waals surface area contributed by atoms with Gasteiger partial charge in [-0.3, -0.25) is 4.79 Å². The van der Waals surface area contributed by atoms with Crippen LogP contribution in [0, 0.1) is 0 Å². The van der Waals surface area contributed by atoms with Gasteiger partial charge in [-0.2, -0.15) is 0 Å². The minimum absolute atomic E-state index is 0.424. The predicted octanol–water partition coefficient (Wildman–Crippen LogP) is 2.70. The Morgan fingerprint density at radius 1 is 1.24 bits per heavy atom. The van der Waals surface area contributed by atoms with E-state index < -0.39 is 18.0 Å². The fraction of sp³-hybridized carbons (Fsp3) is 0.250. The van der Waals surface area contributed by atoms with Crippen molar-refractivity contribution in [1.29, 1.82) is 0 Å². The first kappa shape index (κ1) is 16.5. The molecule has 1 rings (SSSR count). The number of methoxy groups -OCH3 is 1. The number of hydrogen-bond donors (Lipinski definition) is 1. The minimum Gasteiger partial charge on any atom is -0.495 e. The topological polar surface area (TPSA) is 64.6 Å². The van der Waals surface area contributed by atoms with Crippen molar-refractivity contribution in [1.82, 2.24) is 0 Å². The highest BCUT2D eigenvalue weighted by atomic mass is 16.5. The molecule has 1 aromatic rings. The van der Waals surface area contributed by atoms with E-state index in [1.54, 1.807) is 42.5 Å². The number of nitrogens with one attached hydrogen (secondary N) is 1. The maximum absolute atomic E-state index is 12.0. The summed E-state index contributed by atoms with van der Waals surface area (Å²) in [7, 11) is 1.51. The van der Waals surface area contributed by atoms with Crippen LogP contribution >= 0.6 is 0 Å². The predicted molar refractivity (Wildman–Crippen MR) is 81.1 cm³/mol. The van der Waals surface area contributed by atoms with Gasteiger partial charge in [0.1, 0.15) is 5.75 Å². The number of carbonyl (C=O) groups is 2. The average molecular weight is 289 g/mol. The van der Waals surface area contributed by atoms with Gasteiger partial charge in [0.05, 0.1) is 12.8 Å². The molecule has 21 heavy (non-hydrogen) atoms. The molecule has 112 valence electrons.